The van der Waals surface area contributed by atoms with Crippen molar-refractivity contribution in [3.63, 3.8) is 0 Å². The highest BCUT2D eigenvalue weighted by atomic mass is 16.5. The zero-order valence-corrected chi connectivity index (χ0v) is 12.0. The number of benzene rings is 1. The quantitative estimate of drug-likeness (QED) is 0.893. The number of amides is 1. The minimum absolute atomic E-state index is 0.0192. The molecule has 1 aliphatic rings. The van der Waals surface area contributed by atoms with E-state index in [1.54, 1.807) is 0 Å². The van der Waals surface area contributed by atoms with Gasteiger partial charge in [-0.15, -0.1) is 0 Å². The van der Waals surface area contributed by atoms with E-state index in [4.69, 9.17) is 10.5 Å². The molecule has 2 aromatic rings. The summed E-state index contributed by atoms with van der Waals surface area (Å²) in [7, 11) is 0. The number of hydrogen-bond donors (Lipinski definition) is 2. The molecule has 1 amide bonds. The number of aromatic amines is 1. The molecule has 112 valence electrons. The van der Waals surface area contributed by atoms with Gasteiger partial charge in [-0.25, -0.2) is 0 Å². The summed E-state index contributed by atoms with van der Waals surface area (Å²) in [4.78, 5) is 17.5. The van der Waals surface area contributed by atoms with Crippen LogP contribution < -0.4 is 5.73 Å². The summed E-state index contributed by atoms with van der Waals surface area (Å²) in [6, 6.07) is 7.57. The molecule has 5 heteroatoms. The van der Waals surface area contributed by atoms with Crippen LogP contribution in [0.5, 0.6) is 0 Å². The number of nitrogens with one attached hydrogen (secondary N) is 1. The molecular weight excluding hydrogens is 266 g/mol. The summed E-state index contributed by atoms with van der Waals surface area (Å²) < 4.78 is 5.38. The summed E-state index contributed by atoms with van der Waals surface area (Å²) in [5, 5.41) is 1.14. The summed E-state index contributed by atoms with van der Waals surface area (Å²) in [6.45, 7) is 2.70. The lowest BCUT2D eigenvalue weighted by Gasteiger charge is -2.23. The Morgan fingerprint density at radius 2 is 2.19 bits per heavy atom. The van der Waals surface area contributed by atoms with Crippen LogP contribution in [0.1, 0.15) is 12.0 Å². The molecule has 0 saturated carbocycles. The third kappa shape index (κ3) is 3.09. The number of para-hydroxylation sites is 1. The second-order valence-electron chi connectivity index (χ2n) is 5.46. The lowest BCUT2D eigenvalue weighted by Crippen LogP contribution is -2.45. The predicted octanol–water partition coefficient (Wildman–Crippen LogP) is 1.29. The van der Waals surface area contributed by atoms with Gasteiger partial charge >= 0.3 is 0 Å². The maximum absolute atomic E-state index is 12.4. The summed E-state index contributed by atoms with van der Waals surface area (Å²) in [6.07, 6.45) is 3.38. The summed E-state index contributed by atoms with van der Waals surface area (Å²) >= 11 is 0. The van der Waals surface area contributed by atoms with E-state index < -0.39 is 6.04 Å². The SMILES string of the molecule is NC(Cc1c[nH]c2ccccc12)C(=O)N1CCCOCC1. The van der Waals surface area contributed by atoms with Gasteiger partial charge in [-0.05, 0) is 24.5 Å². The van der Waals surface area contributed by atoms with Crippen molar-refractivity contribution in [2.45, 2.75) is 18.9 Å². The number of nitrogens with two attached hydrogens (primary N) is 1. The molecule has 1 aromatic heterocycles. The summed E-state index contributed by atoms with van der Waals surface area (Å²) in [5.74, 6) is 0.0192. The van der Waals surface area contributed by atoms with Crippen LogP contribution in [0.15, 0.2) is 30.5 Å². The molecule has 3 rings (SSSR count). The normalized spacial score (nSPS) is 17.7. The van der Waals surface area contributed by atoms with Gasteiger partial charge in [0, 0.05) is 36.8 Å². The van der Waals surface area contributed by atoms with Gasteiger partial charge < -0.3 is 20.4 Å². The molecule has 0 bridgehead atoms. The van der Waals surface area contributed by atoms with Crippen molar-refractivity contribution in [3.8, 4) is 0 Å². The maximum atomic E-state index is 12.4. The molecular formula is C16H21N3O2. The molecule has 2 heterocycles. The molecule has 0 radical (unpaired) electrons. The largest absolute Gasteiger partial charge is 0.380 e. The minimum atomic E-state index is -0.498. The Kier molecular flexibility index (Phi) is 4.22. The Morgan fingerprint density at radius 3 is 3.10 bits per heavy atom. The van der Waals surface area contributed by atoms with Crippen molar-refractivity contribution in [1.29, 1.82) is 0 Å². The van der Waals surface area contributed by atoms with Gasteiger partial charge in [-0.3, -0.25) is 4.79 Å². The highest BCUT2D eigenvalue weighted by molar-refractivity contribution is 5.86. The van der Waals surface area contributed by atoms with E-state index in [-0.39, 0.29) is 5.91 Å². The lowest BCUT2D eigenvalue weighted by molar-refractivity contribution is -0.132. The fraction of sp³-hybridized carbons (Fsp3) is 0.438. The third-order valence-corrected chi connectivity index (χ3v) is 3.97. The first-order valence-corrected chi connectivity index (χ1v) is 7.43. The zero-order valence-electron chi connectivity index (χ0n) is 12.0. The minimum Gasteiger partial charge on any atom is -0.380 e. The molecule has 1 unspecified atom stereocenters. The molecule has 1 saturated heterocycles. The van der Waals surface area contributed by atoms with E-state index in [0.717, 1.165) is 36.0 Å². The molecule has 0 aliphatic carbocycles. The van der Waals surface area contributed by atoms with Crippen molar-refractivity contribution in [3.05, 3.63) is 36.0 Å². The Labute approximate surface area is 124 Å². The van der Waals surface area contributed by atoms with Gasteiger partial charge in [-0.2, -0.15) is 0 Å². The van der Waals surface area contributed by atoms with Crippen LogP contribution in [0, 0.1) is 0 Å². The Bertz CT molecular complexity index is 615. The summed E-state index contributed by atoms with van der Waals surface area (Å²) in [5.41, 5.74) is 8.31. The first kappa shape index (κ1) is 14.1. The van der Waals surface area contributed by atoms with E-state index in [2.05, 4.69) is 11.1 Å². The Balaban J connectivity index is 1.70. The van der Waals surface area contributed by atoms with Gasteiger partial charge in [0.25, 0.3) is 0 Å². The van der Waals surface area contributed by atoms with E-state index in [1.165, 1.54) is 0 Å². The average molecular weight is 287 g/mol. The molecule has 1 aromatic carbocycles. The van der Waals surface area contributed by atoms with Crippen LogP contribution in [-0.4, -0.2) is 48.1 Å². The van der Waals surface area contributed by atoms with Crippen molar-refractivity contribution < 1.29 is 9.53 Å². The standard InChI is InChI=1S/C16H21N3O2/c17-14(16(20)19-6-3-8-21-9-7-19)10-12-11-18-15-5-2-1-4-13(12)15/h1-2,4-5,11,14,18H,3,6-10,17H2. The number of ether oxygens (including phenoxy) is 1. The molecule has 1 aliphatic heterocycles. The average Bonchev–Trinajstić information content (AvgIpc) is 2.74. The molecule has 5 nitrogen and oxygen atoms in total. The van der Waals surface area contributed by atoms with Crippen molar-refractivity contribution in [2.75, 3.05) is 26.3 Å². The van der Waals surface area contributed by atoms with Gasteiger partial charge in [0.1, 0.15) is 0 Å². The highest BCUT2D eigenvalue weighted by Gasteiger charge is 2.23. The van der Waals surface area contributed by atoms with Gasteiger partial charge in [-0.1, -0.05) is 18.2 Å². The second-order valence-corrected chi connectivity index (χ2v) is 5.46. The lowest BCUT2D eigenvalue weighted by atomic mass is 10.0. The molecule has 21 heavy (non-hydrogen) atoms. The topological polar surface area (TPSA) is 71.4 Å². The molecule has 0 spiro atoms. The number of hydrogen-bond acceptors (Lipinski definition) is 3. The number of nitrogens with zero attached hydrogens (tertiary/aromatic N) is 1. The maximum Gasteiger partial charge on any atom is 0.239 e. The van der Waals surface area contributed by atoms with E-state index in [1.807, 2.05) is 29.3 Å². The van der Waals surface area contributed by atoms with Crippen LogP contribution in [0.3, 0.4) is 0 Å². The van der Waals surface area contributed by atoms with Crippen molar-refractivity contribution >= 4 is 16.8 Å². The van der Waals surface area contributed by atoms with Crippen LogP contribution in [0.4, 0.5) is 0 Å². The van der Waals surface area contributed by atoms with E-state index in [9.17, 15) is 4.79 Å². The number of rotatable bonds is 3. The van der Waals surface area contributed by atoms with Gasteiger partial charge in [0.2, 0.25) is 5.91 Å². The van der Waals surface area contributed by atoms with E-state index >= 15 is 0 Å². The Hall–Kier alpha value is -1.85. The number of H-pyrrole nitrogens is 1. The highest BCUT2D eigenvalue weighted by Crippen LogP contribution is 2.19. The molecule has 1 fully saturated rings. The van der Waals surface area contributed by atoms with Crippen molar-refractivity contribution in [1.82, 2.24) is 9.88 Å². The molecule has 3 N–H and O–H groups in total. The first-order valence-electron chi connectivity index (χ1n) is 7.43. The van der Waals surface area contributed by atoms with Crippen LogP contribution in [-0.2, 0) is 16.0 Å². The second kappa shape index (κ2) is 6.28. The first-order chi connectivity index (χ1) is 10.3. The number of carbonyl (C=O) groups is 1. The van der Waals surface area contributed by atoms with Gasteiger partial charge in [0.05, 0.1) is 12.6 Å². The van der Waals surface area contributed by atoms with E-state index in [0.29, 0.717) is 19.6 Å². The predicted molar refractivity (Wildman–Crippen MR) is 82.0 cm³/mol. The third-order valence-electron chi connectivity index (χ3n) is 3.97. The zero-order chi connectivity index (χ0) is 14.7. The number of carbonyl (C=O) groups excluding carboxylic acids is 1. The fourth-order valence-corrected chi connectivity index (χ4v) is 2.83. The molecule has 1 atom stereocenters. The van der Waals surface area contributed by atoms with Crippen LogP contribution >= 0.6 is 0 Å². The number of aromatic nitrogens is 1. The van der Waals surface area contributed by atoms with Crippen LogP contribution in [0.25, 0.3) is 10.9 Å². The van der Waals surface area contributed by atoms with Gasteiger partial charge in [0.15, 0.2) is 0 Å². The fourth-order valence-electron chi connectivity index (χ4n) is 2.83. The monoisotopic (exact) mass is 287 g/mol. The number of fused-ring (bicyclic) bond motifs is 1. The Morgan fingerprint density at radius 1 is 1.33 bits per heavy atom. The van der Waals surface area contributed by atoms with Crippen LogP contribution in [0.2, 0.25) is 0 Å². The van der Waals surface area contributed by atoms with Crippen molar-refractivity contribution in [2.24, 2.45) is 5.73 Å². The smallest absolute Gasteiger partial charge is 0.239 e.